The molecule has 0 aromatic carbocycles. The van der Waals surface area contributed by atoms with Crippen molar-refractivity contribution in [2.75, 3.05) is 22.5 Å². The highest BCUT2D eigenvalue weighted by Crippen LogP contribution is 2.33. The maximum absolute atomic E-state index is 6.30. The van der Waals surface area contributed by atoms with Crippen LogP contribution in [-0.2, 0) is 0 Å². The first-order valence-corrected chi connectivity index (χ1v) is 7.76. The lowest BCUT2D eigenvalue weighted by molar-refractivity contribution is 0.400. The van der Waals surface area contributed by atoms with Crippen molar-refractivity contribution in [1.29, 1.82) is 0 Å². The lowest BCUT2D eigenvalue weighted by Crippen LogP contribution is -2.40. The van der Waals surface area contributed by atoms with Gasteiger partial charge in [-0.1, -0.05) is 12.1 Å². The van der Waals surface area contributed by atoms with Gasteiger partial charge in [0.25, 0.3) is 0 Å². The molecule has 0 aliphatic carbocycles. The number of nitrogen functional groups attached to an aromatic ring is 1. The number of aromatic nitrogens is 3. The van der Waals surface area contributed by atoms with Crippen LogP contribution >= 0.6 is 0 Å². The normalized spacial score (nSPS) is 18.5. The van der Waals surface area contributed by atoms with E-state index in [1.165, 1.54) is 19.3 Å². The molecule has 22 heavy (non-hydrogen) atoms. The van der Waals surface area contributed by atoms with E-state index in [1.54, 1.807) is 12.4 Å². The van der Waals surface area contributed by atoms with Gasteiger partial charge in [-0.15, -0.1) is 0 Å². The zero-order chi connectivity index (χ0) is 15.5. The molecule has 0 saturated carbocycles. The van der Waals surface area contributed by atoms with Crippen LogP contribution in [0.2, 0.25) is 0 Å². The van der Waals surface area contributed by atoms with Crippen molar-refractivity contribution in [3.8, 4) is 0 Å². The number of hydrogen-bond acceptors (Lipinski definition) is 7. The number of rotatable bonds is 4. The number of nitrogens with one attached hydrogen (secondary N) is 1. The molecule has 1 unspecified atom stereocenters. The third-order valence-corrected chi connectivity index (χ3v) is 4.11. The first kappa shape index (κ1) is 14.6. The summed E-state index contributed by atoms with van der Waals surface area (Å²) in [5, 5.41) is 7.01. The van der Waals surface area contributed by atoms with E-state index in [0.717, 1.165) is 24.5 Å². The summed E-state index contributed by atoms with van der Waals surface area (Å²) in [6.07, 6.45) is 6.26. The van der Waals surface area contributed by atoms with Gasteiger partial charge in [-0.25, -0.2) is 9.97 Å². The molecule has 1 saturated heterocycles. The second-order valence-corrected chi connectivity index (χ2v) is 5.66. The van der Waals surface area contributed by atoms with Gasteiger partial charge in [-0.2, -0.15) is 0 Å². The highest BCUT2D eigenvalue weighted by Gasteiger charge is 2.25. The molecule has 2 aromatic heterocycles. The van der Waals surface area contributed by atoms with Crippen LogP contribution in [-0.4, -0.2) is 27.7 Å². The number of hydrogen-bond donors (Lipinski definition) is 2. The third kappa shape index (κ3) is 2.84. The Kier molecular flexibility index (Phi) is 4.13. The minimum Gasteiger partial charge on any atom is -0.393 e. The van der Waals surface area contributed by atoms with Crippen molar-refractivity contribution in [3.05, 3.63) is 18.2 Å². The number of nitrogens with zero attached hydrogens (tertiary/aromatic N) is 4. The Morgan fingerprint density at radius 1 is 1.41 bits per heavy atom. The molecule has 0 bridgehead atoms. The van der Waals surface area contributed by atoms with E-state index < -0.39 is 0 Å². The average Bonchev–Trinajstić information content (AvgIpc) is 2.94. The van der Waals surface area contributed by atoms with Crippen LogP contribution in [0.25, 0.3) is 0 Å². The Morgan fingerprint density at radius 2 is 2.27 bits per heavy atom. The minimum atomic E-state index is 0.494. The summed E-state index contributed by atoms with van der Waals surface area (Å²) >= 11 is 0. The van der Waals surface area contributed by atoms with E-state index in [-0.39, 0.29) is 0 Å². The number of nitrogens with two attached hydrogens (primary N) is 1. The molecule has 1 fully saturated rings. The molecule has 2 aromatic rings. The van der Waals surface area contributed by atoms with Crippen molar-refractivity contribution in [2.24, 2.45) is 0 Å². The SMILES string of the molecule is CCC1CCCCN1c1ncnc(Nc2cc(C)on2)c1N. The standard InChI is InChI=1S/C15H22N6O/c1-3-11-6-4-5-7-21(11)15-13(16)14(17-9-18-15)19-12-8-10(2)22-20-12/h8-9,11H,3-7,16H2,1-2H3,(H,17,18,19,20). The molecule has 118 valence electrons. The number of anilines is 4. The van der Waals surface area contributed by atoms with Crippen LogP contribution in [0, 0.1) is 6.92 Å². The molecule has 1 aliphatic rings. The van der Waals surface area contributed by atoms with Gasteiger partial charge >= 0.3 is 0 Å². The molecular weight excluding hydrogens is 280 g/mol. The summed E-state index contributed by atoms with van der Waals surface area (Å²) in [5.41, 5.74) is 6.86. The summed E-state index contributed by atoms with van der Waals surface area (Å²) in [6.45, 7) is 5.03. The predicted molar refractivity (Wildman–Crippen MR) is 86.2 cm³/mol. The molecular formula is C15H22N6O. The lowest BCUT2D eigenvalue weighted by atomic mass is 10.00. The summed E-state index contributed by atoms with van der Waals surface area (Å²) in [6, 6.07) is 2.30. The highest BCUT2D eigenvalue weighted by molar-refractivity contribution is 5.77. The Balaban J connectivity index is 1.87. The van der Waals surface area contributed by atoms with Gasteiger partial charge < -0.3 is 20.5 Å². The molecule has 3 rings (SSSR count). The summed E-state index contributed by atoms with van der Waals surface area (Å²) in [7, 11) is 0. The van der Waals surface area contributed by atoms with E-state index in [0.29, 0.717) is 23.4 Å². The molecule has 1 atom stereocenters. The monoisotopic (exact) mass is 302 g/mol. The van der Waals surface area contributed by atoms with E-state index >= 15 is 0 Å². The van der Waals surface area contributed by atoms with Crippen LogP contribution < -0.4 is 16.0 Å². The van der Waals surface area contributed by atoms with Crippen molar-refractivity contribution in [2.45, 2.75) is 45.6 Å². The van der Waals surface area contributed by atoms with Crippen molar-refractivity contribution >= 4 is 23.1 Å². The van der Waals surface area contributed by atoms with E-state index in [1.807, 2.05) is 6.92 Å². The van der Waals surface area contributed by atoms with Gasteiger partial charge in [0.2, 0.25) is 0 Å². The third-order valence-electron chi connectivity index (χ3n) is 4.11. The van der Waals surface area contributed by atoms with Crippen LogP contribution in [0.4, 0.5) is 23.1 Å². The van der Waals surface area contributed by atoms with Crippen LogP contribution in [0.1, 0.15) is 38.4 Å². The fraction of sp³-hybridized carbons (Fsp3) is 0.533. The first-order chi connectivity index (χ1) is 10.7. The molecule has 0 spiro atoms. The second kappa shape index (κ2) is 6.21. The molecule has 3 heterocycles. The van der Waals surface area contributed by atoms with Crippen molar-refractivity contribution in [3.63, 3.8) is 0 Å². The first-order valence-electron chi connectivity index (χ1n) is 7.76. The Hall–Kier alpha value is -2.31. The zero-order valence-corrected chi connectivity index (χ0v) is 13.0. The molecule has 0 amide bonds. The van der Waals surface area contributed by atoms with E-state index in [2.05, 4.69) is 32.3 Å². The zero-order valence-electron chi connectivity index (χ0n) is 13.0. The minimum absolute atomic E-state index is 0.494. The Labute approximate surface area is 129 Å². The predicted octanol–water partition coefficient (Wildman–Crippen LogP) is 2.87. The van der Waals surface area contributed by atoms with Gasteiger partial charge in [0.1, 0.15) is 17.8 Å². The molecule has 3 N–H and O–H groups in total. The quantitative estimate of drug-likeness (QED) is 0.896. The maximum atomic E-state index is 6.30. The summed E-state index contributed by atoms with van der Waals surface area (Å²) < 4.78 is 5.05. The van der Waals surface area contributed by atoms with Gasteiger partial charge in [-0.3, -0.25) is 0 Å². The highest BCUT2D eigenvalue weighted by atomic mass is 16.5. The Bertz CT molecular complexity index is 641. The molecule has 0 radical (unpaired) electrons. The van der Waals surface area contributed by atoms with Crippen LogP contribution in [0.15, 0.2) is 16.9 Å². The second-order valence-electron chi connectivity index (χ2n) is 5.66. The summed E-state index contributed by atoms with van der Waals surface area (Å²) in [4.78, 5) is 11.0. The fourth-order valence-electron chi connectivity index (χ4n) is 2.97. The Morgan fingerprint density at radius 3 is 3.00 bits per heavy atom. The molecule has 1 aliphatic heterocycles. The lowest BCUT2D eigenvalue weighted by Gasteiger charge is -2.36. The van der Waals surface area contributed by atoms with Gasteiger partial charge in [0.05, 0.1) is 0 Å². The topological polar surface area (TPSA) is 93.1 Å². The van der Waals surface area contributed by atoms with E-state index in [9.17, 15) is 0 Å². The number of aryl methyl sites for hydroxylation is 1. The van der Waals surface area contributed by atoms with E-state index in [4.69, 9.17) is 10.3 Å². The van der Waals surface area contributed by atoms with Crippen molar-refractivity contribution < 1.29 is 4.52 Å². The van der Waals surface area contributed by atoms with Crippen molar-refractivity contribution in [1.82, 2.24) is 15.1 Å². The fourth-order valence-corrected chi connectivity index (χ4v) is 2.97. The molecule has 7 heteroatoms. The summed E-state index contributed by atoms with van der Waals surface area (Å²) in [5.74, 6) is 2.71. The number of piperidine rings is 1. The molecule has 7 nitrogen and oxygen atoms in total. The van der Waals surface area contributed by atoms with Gasteiger partial charge in [0, 0.05) is 18.7 Å². The smallest absolute Gasteiger partial charge is 0.175 e. The van der Waals surface area contributed by atoms with Gasteiger partial charge in [0.15, 0.2) is 17.5 Å². The van der Waals surface area contributed by atoms with Crippen LogP contribution in [0.5, 0.6) is 0 Å². The average molecular weight is 302 g/mol. The van der Waals surface area contributed by atoms with Crippen LogP contribution in [0.3, 0.4) is 0 Å². The maximum Gasteiger partial charge on any atom is 0.175 e. The van der Waals surface area contributed by atoms with Gasteiger partial charge in [-0.05, 0) is 32.6 Å². The largest absolute Gasteiger partial charge is 0.393 e.